The molecule has 0 aromatic heterocycles. The van der Waals surface area contributed by atoms with Crippen LogP contribution in [0.15, 0.2) is 0 Å². The minimum atomic E-state index is -0.261. The Morgan fingerprint density at radius 3 is 2.62 bits per heavy atom. The van der Waals surface area contributed by atoms with Gasteiger partial charge >= 0.3 is 0 Å². The Morgan fingerprint density at radius 2 is 1.92 bits per heavy atom. The fourth-order valence-electron chi connectivity index (χ4n) is 2.01. The first-order valence-corrected chi connectivity index (χ1v) is 10.1. The molecule has 2 heteroatoms. The summed E-state index contributed by atoms with van der Waals surface area (Å²) in [6, 6.07) is 3.27. The summed E-state index contributed by atoms with van der Waals surface area (Å²) in [4.78, 5) is 0. The Kier molecular flexibility index (Phi) is 7.10. The van der Waals surface area contributed by atoms with Gasteiger partial charge in [-0.1, -0.05) is 57.5 Å². The molecule has 0 saturated carbocycles. The zero-order valence-corrected chi connectivity index (χ0v) is 11.0. The Labute approximate surface area is 89.1 Å². The maximum atomic E-state index is 2.37. The van der Waals surface area contributed by atoms with Crippen LogP contribution in [-0.2, 0) is 0 Å². The molecule has 1 fully saturated rings. The molecule has 0 N–H and O–H groups in total. The van der Waals surface area contributed by atoms with E-state index in [2.05, 4.69) is 18.1 Å². The topological polar surface area (TPSA) is 0 Å². The predicted octanol–water partition coefficient (Wildman–Crippen LogP) is 4.21. The van der Waals surface area contributed by atoms with E-state index in [-0.39, 0.29) is 7.95 Å². The van der Waals surface area contributed by atoms with Gasteiger partial charge in [-0.3, -0.25) is 0 Å². The lowest BCUT2D eigenvalue weighted by Gasteiger charge is -2.19. The molecule has 0 aromatic rings. The van der Waals surface area contributed by atoms with Crippen LogP contribution in [0.3, 0.4) is 0 Å². The molecular formula is C11H24SSi. The minimum Gasteiger partial charge on any atom is -0.189 e. The van der Waals surface area contributed by atoms with E-state index in [1.807, 2.05) is 0 Å². The first-order valence-electron chi connectivity index (χ1n) is 6.05. The second kappa shape index (κ2) is 7.92. The lowest BCUT2D eigenvalue weighted by atomic mass is 10.2. The van der Waals surface area contributed by atoms with Gasteiger partial charge in [0.05, 0.1) is 0 Å². The van der Waals surface area contributed by atoms with Gasteiger partial charge in [-0.25, -0.2) is 0 Å². The molecule has 1 saturated heterocycles. The molecule has 1 heterocycles. The van der Waals surface area contributed by atoms with Crippen molar-refractivity contribution in [2.75, 3.05) is 5.75 Å². The van der Waals surface area contributed by atoms with Crippen molar-refractivity contribution in [1.29, 1.82) is 0 Å². The Morgan fingerprint density at radius 1 is 1.08 bits per heavy atom. The fourth-order valence-corrected chi connectivity index (χ4v) is 8.32. The minimum absolute atomic E-state index is 0.261. The van der Waals surface area contributed by atoms with Crippen LogP contribution < -0.4 is 0 Å². The molecular weight excluding hydrogens is 192 g/mol. The van der Waals surface area contributed by atoms with Gasteiger partial charge in [-0.05, 0) is 12.2 Å². The smallest absolute Gasteiger partial charge is 0.101 e. The van der Waals surface area contributed by atoms with Crippen LogP contribution in [0.2, 0.25) is 12.1 Å². The van der Waals surface area contributed by atoms with Gasteiger partial charge in [0.1, 0.15) is 7.95 Å². The Bertz CT molecular complexity index is 111. The van der Waals surface area contributed by atoms with Crippen LogP contribution in [0, 0.1) is 0 Å². The predicted molar refractivity (Wildman–Crippen MR) is 67.2 cm³/mol. The second-order valence-electron chi connectivity index (χ2n) is 4.19. The van der Waals surface area contributed by atoms with Crippen molar-refractivity contribution in [1.82, 2.24) is 0 Å². The third-order valence-corrected chi connectivity index (χ3v) is 9.54. The molecule has 0 bridgehead atoms. The molecule has 1 aliphatic rings. The highest BCUT2D eigenvalue weighted by Gasteiger charge is 2.14. The van der Waals surface area contributed by atoms with Crippen LogP contribution in [0.4, 0.5) is 0 Å². The normalized spacial score (nSPS) is 23.3. The van der Waals surface area contributed by atoms with Crippen molar-refractivity contribution in [3.05, 3.63) is 0 Å². The van der Waals surface area contributed by atoms with Crippen molar-refractivity contribution in [2.45, 2.75) is 64.0 Å². The molecule has 0 nitrogen and oxygen atoms in total. The summed E-state index contributed by atoms with van der Waals surface area (Å²) in [6.45, 7) is 2.30. The van der Waals surface area contributed by atoms with E-state index >= 15 is 0 Å². The van der Waals surface area contributed by atoms with Crippen LogP contribution >= 0.6 is 11.2 Å². The first-order chi connectivity index (χ1) is 6.43. The van der Waals surface area contributed by atoms with Gasteiger partial charge in [-0.15, -0.1) is 0 Å². The summed E-state index contributed by atoms with van der Waals surface area (Å²) in [7, 11) is -0.261. The second-order valence-corrected chi connectivity index (χ2v) is 10.3. The quantitative estimate of drug-likeness (QED) is 0.473. The number of hydrogen-bond acceptors (Lipinski definition) is 1. The summed E-state index contributed by atoms with van der Waals surface area (Å²) in [5, 5.41) is 0. The van der Waals surface area contributed by atoms with Crippen molar-refractivity contribution >= 4 is 19.2 Å². The number of hydrogen-bond donors (Lipinski definition) is 0. The maximum absolute atomic E-state index is 2.37. The SMILES string of the molecule is CCCCCCC[SiH]1CCCCS1. The van der Waals surface area contributed by atoms with Crippen LogP contribution in [0.1, 0.15) is 51.9 Å². The highest BCUT2D eigenvalue weighted by Crippen LogP contribution is 2.27. The van der Waals surface area contributed by atoms with E-state index in [0.717, 1.165) is 0 Å². The average Bonchev–Trinajstić information content (AvgIpc) is 2.19. The van der Waals surface area contributed by atoms with Gasteiger partial charge in [0.15, 0.2) is 0 Å². The van der Waals surface area contributed by atoms with E-state index in [1.165, 1.54) is 37.9 Å². The molecule has 1 rings (SSSR count). The highest BCUT2D eigenvalue weighted by atomic mass is 32.4. The van der Waals surface area contributed by atoms with Crippen molar-refractivity contribution < 1.29 is 0 Å². The molecule has 0 aliphatic carbocycles. The van der Waals surface area contributed by atoms with E-state index in [9.17, 15) is 0 Å². The monoisotopic (exact) mass is 216 g/mol. The Balaban J connectivity index is 1.86. The zero-order chi connectivity index (χ0) is 9.36. The maximum Gasteiger partial charge on any atom is 0.101 e. The van der Waals surface area contributed by atoms with Crippen LogP contribution in [0.25, 0.3) is 0 Å². The summed E-state index contributed by atoms with van der Waals surface area (Å²) < 4.78 is 0. The van der Waals surface area contributed by atoms with E-state index in [4.69, 9.17) is 0 Å². The lowest BCUT2D eigenvalue weighted by Crippen LogP contribution is -2.12. The average molecular weight is 216 g/mol. The standard InChI is InChI=1S/C11H24SSi/c1-2-3-4-5-7-10-13-11-8-6-9-12-13/h13H,2-11H2,1H3. The van der Waals surface area contributed by atoms with Gasteiger partial charge in [0, 0.05) is 0 Å². The van der Waals surface area contributed by atoms with Crippen molar-refractivity contribution in [3.8, 4) is 0 Å². The highest BCUT2D eigenvalue weighted by molar-refractivity contribution is 8.25. The molecule has 0 amide bonds. The van der Waals surface area contributed by atoms with Gasteiger partial charge < -0.3 is 0 Å². The molecule has 78 valence electrons. The fraction of sp³-hybridized carbons (Fsp3) is 1.00. The molecule has 0 spiro atoms. The lowest BCUT2D eigenvalue weighted by molar-refractivity contribution is 0.654. The largest absolute Gasteiger partial charge is 0.189 e. The van der Waals surface area contributed by atoms with Crippen LogP contribution in [0.5, 0.6) is 0 Å². The zero-order valence-electron chi connectivity index (χ0n) is 9.06. The van der Waals surface area contributed by atoms with Crippen molar-refractivity contribution in [3.63, 3.8) is 0 Å². The molecule has 1 aliphatic heterocycles. The van der Waals surface area contributed by atoms with Crippen LogP contribution in [-0.4, -0.2) is 13.7 Å². The number of unbranched alkanes of at least 4 members (excludes halogenated alkanes) is 4. The summed E-state index contributed by atoms with van der Waals surface area (Å²) >= 11 is 2.37. The molecule has 1 atom stereocenters. The third kappa shape index (κ3) is 5.79. The van der Waals surface area contributed by atoms with Gasteiger partial charge in [0.25, 0.3) is 0 Å². The summed E-state index contributed by atoms with van der Waals surface area (Å²) in [5.41, 5.74) is 0. The van der Waals surface area contributed by atoms with Crippen molar-refractivity contribution in [2.24, 2.45) is 0 Å². The molecule has 0 radical (unpaired) electrons. The molecule has 13 heavy (non-hydrogen) atoms. The van der Waals surface area contributed by atoms with E-state index in [0.29, 0.717) is 0 Å². The van der Waals surface area contributed by atoms with Gasteiger partial charge in [-0.2, -0.15) is 11.2 Å². The Hall–Kier alpha value is 0.567. The molecule has 1 unspecified atom stereocenters. The van der Waals surface area contributed by atoms with E-state index < -0.39 is 0 Å². The first kappa shape index (κ1) is 11.6. The van der Waals surface area contributed by atoms with E-state index in [1.54, 1.807) is 24.9 Å². The summed E-state index contributed by atoms with van der Waals surface area (Å²) in [5.74, 6) is 1.49. The van der Waals surface area contributed by atoms with Gasteiger partial charge in [0.2, 0.25) is 0 Å². The third-order valence-electron chi connectivity index (χ3n) is 2.90. The summed E-state index contributed by atoms with van der Waals surface area (Å²) in [6.07, 6.45) is 10.4. The number of rotatable bonds is 6. The molecule has 0 aromatic carbocycles.